The van der Waals surface area contributed by atoms with E-state index in [4.69, 9.17) is 0 Å². The molecule has 92 valence electrons. The van der Waals surface area contributed by atoms with Gasteiger partial charge in [-0.25, -0.2) is 0 Å². The van der Waals surface area contributed by atoms with Crippen molar-refractivity contribution in [2.45, 2.75) is 33.1 Å². The van der Waals surface area contributed by atoms with Crippen molar-refractivity contribution in [1.82, 2.24) is 0 Å². The van der Waals surface area contributed by atoms with E-state index in [1.165, 1.54) is 12.8 Å². The first-order valence-electron chi connectivity index (χ1n) is 6.55. The fraction of sp³-hybridized carbons (Fsp3) is 0.533. The van der Waals surface area contributed by atoms with Crippen LogP contribution in [0.2, 0.25) is 0 Å². The molecule has 2 heteroatoms. The average Bonchev–Trinajstić information content (AvgIpc) is 2.32. The molecule has 0 radical (unpaired) electrons. The van der Waals surface area contributed by atoms with Crippen LogP contribution in [0.3, 0.4) is 0 Å². The summed E-state index contributed by atoms with van der Waals surface area (Å²) in [5.41, 5.74) is 2.04. The van der Waals surface area contributed by atoms with E-state index in [0.29, 0.717) is 12.2 Å². The van der Waals surface area contributed by atoms with E-state index >= 15 is 0 Å². The maximum Gasteiger partial charge on any atom is 0.166 e. The van der Waals surface area contributed by atoms with Crippen molar-refractivity contribution in [3.63, 3.8) is 0 Å². The molecule has 2 rings (SSSR count). The van der Waals surface area contributed by atoms with Gasteiger partial charge in [0.25, 0.3) is 0 Å². The molecule has 2 nitrogen and oxygen atoms in total. The molecule has 1 aromatic rings. The van der Waals surface area contributed by atoms with E-state index in [-0.39, 0.29) is 0 Å². The molecule has 0 spiro atoms. The Bertz CT molecular complexity index is 398. The lowest BCUT2D eigenvalue weighted by molar-refractivity contribution is 0.0980. The molecular formula is C15H21NO. The SMILES string of the molecule is CC(C)CCCN1CCC(=O)c2ccccc21. The van der Waals surface area contributed by atoms with E-state index in [2.05, 4.69) is 24.8 Å². The molecule has 1 aliphatic rings. The first kappa shape index (κ1) is 12.2. The van der Waals surface area contributed by atoms with E-state index in [1.54, 1.807) is 0 Å². The fourth-order valence-electron chi connectivity index (χ4n) is 2.40. The Kier molecular flexibility index (Phi) is 3.82. The van der Waals surface area contributed by atoms with Gasteiger partial charge in [-0.2, -0.15) is 0 Å². The second-order valence-electron chi connectivity index (χ2n) is 5.21. The van der Waals surface area contributed by atoms with Gasteiger partial charge in [-0.05, 0) is 30.9 Å². The maximum atomic E-state index is 11.8. The van der Waals surface area contributed by atoms with Crippen LogP contribution in [0.1, 0.15) is 43.5 Å². The van der Waals surface area contributed by atoms with Gasteiger partial charge >= 0.3 is 0 Å². The van der Waals surface area contributed by atoms with Gasteiger partial charge in [-0.3, -0.25) is 4.79 Å². The lowest BCUT2D eigenvalue weighted by Crippen LogP contribution is -2.32. The molecule has 1 aromatic carbocycles. The molecule has 0 amide bonds. The number of hydrogen-bond donors (Lipinski definition) is 0. The number of para-hydroxylation sites is 1. The molecule has 0 atom stereocenters. The van der Waals surface area contributed by atoms with Gasteiger partial charge in [0.05, 0.1) is 0 Å². The number of rotatable bonds is 4. The number of carbonyl (C=O) groups is 1. The first-order valence-corrected chi connectivity index (χ1v) is 6.55. The Morgan fingerprint density at radius 2 is 2.06 bits per heavy atom. The smallest absolute Gasteiger partial charge is 0.166 e. The predicted molar refractivity (Wildman–Crippen MR) is 71.7 cm³/mol. The molecule has 1 heterocycles. The quantitative estimate of drug-likeness (QED) is 0.790. The van der Waals surface area contributed by atoms with Gasteiger partial charge in [0.15, 0.2) is 5.78 Å². The Labute approximate surface area is 104 Å². The molecule has 0 N–H and O–H groups in total. The van der Waals surface area contributed by atoms with Gasteiger partial charge in [0.1, 0.15) is 0 Å². The first-order chi connectivity index (χ1) is 8.18. The van der Waals surface area contributed by atoms with Crippen LogP contribution < -0.4 is 4.90 Å². The largest absolute Gasteiger partial charge is 0.370 e. The van der Waals surface area contributed by atoms with Crippen molar-refractivity contribution in [3.8, 4) is 0 Å². The average molecular weight is 231 g/mol. The molecular weight excluding hydrogens is 210 g/mol. The predicted octanol–water partition coefficient (Wildman–Crippen LogP) is 3.52. The van der Waals surface area contributed by atoms with Gasteiger partial charge in [-0.15, -0.1) is 0 Å². The van der Waals surface area contributed by atoms with Crippen molar-refractivity contribution in [3.05, 3.63) is 29.8 Å². The van der Waals surface area contributed by atoms with Crippen molar-refractivity contribution >= 4 is 11.5 Å². The number of benzene rings is 1. The highest BCUT2D eigenvalue weighted by Crippen LogP contribution is 2.27. The number of nitrogens with zero attached hydrogens (tertiary/aromatic N) is 1. The molecule has 0 aliphatic carbocycles. The van der Waals surface area contributed by atoms with Crippen molar-refractivity contribution in [2.24, 2.45) is 5.92 Å². The third-order valence-electron chi connectivity index (χ3n) is 3.36. The van der Waals surface area contributed by atoms with Gasteiger partial charge in [-0.1, -0.05) is 26.0 Å². The normalized spacial score (nSPS) is 15.2. The van der Waals surface area contributed by atoms with E-state index in [0.717, 1.165) is 30.3 Å². The standard InChI is InChI=1S/C15H21NO/c1-12(2)6-5-10-16-11-9-15(17)13-7-3-4-8-14(13)16/h3-4,7-8,12H,5-6,9-11H2,1-2H3. The highest BCUT2D eigenvalue weighted by Gasteiger charge is 2.21. The van der Waals surface area contributed by atoms with Gasteiger partial charge < -0.3 is 4.90 Å². The van der Waals surface area contributed by atoms with E-state index in [1.807, 2.05) is 18.2 Å². The number of hydrogen-bond acceptors (Lipinski definition) is 2. The summed E-state index contributed by atoms with van der Waals surface area (Å²) in [6.07, 6.45) is 3.13. The minimum atomic E-state index is 0.292. The molecule has 1 aliphatic heterocycles. The number of carbonyl (C=O) groups excluding carboxylic acids is 1. The summed E-state index contributed by atoms with van der Waals surface area (Å²) in [5.74, 6) is 1.05. The van der Waals surface area contributed by atoms with E-state index < -0.39 is 0 Å². The molecule has 0 fully saturated rings. The molecule has 0 saturated heterocycles. The third-order valence-corrected chi connectivity index (χ3v) is 3.36. The van der Waals surface area contributed by atoms with Crippen LogP contribution in [-0.4, -0.2) is 18.9 Å². The fourth-order valence-corrected chi connectivity index (χ4v) is 2.40. The Balaban J connectivity index is 2.05. The topological polar surface area (TPSA) is 20.3 Å². The molecule has 17 heavy (non-hydrogen) atoms. The minimum Gasteiger partial charge on any atom is -0.370 e. The summed E-state index contributed by atoms with van der Waals surface area (Å²) < 4.78 is 0. The van der Waals surface area contributed by atoms with E-state index in [9.17, 15) is 4.79 Å². The molecule has 0 unspecified atom stereocenters. The lowest BCUT2D eigenvalue weighted by atomic mass is 9.99. The van der Waals surface area contributed by atoms with Crippen LogP contribution in [0.15, 0.2) is 24.3 Å². The van der Waals surface area contributed by atoms with Gasteiger partial charge in [0, 0.05) is 30.8 Å². The van der Waals surface area contributed by atoms with Crippen molar-refractivity contribution < 1.29 is 4.79 Å². The summed E-state index contributed by atoms with van der Waals surface area (Å²) in [5, 5.41) is 0. The summed E-state index contributed by atoms with van der Waals surface area (Å²) in [6.45, 7) is 6.47. The Hall–Kier alpha value is -1.31. The zero-order valence-corrected chi connectivity index (χ0v) is 10.8. The van der Waals surface area contributed by atoms with Crippen LogP contribution in [0.5, 0.6) is 0 Å². The monoisotopic (exact) mass is 231 g/mol. The van der Waals surface area contributed by atoms with Gasteiger partial charge in [0.2, 0.25) is 0 Å². The summed E-state index contributed by atoms with van der Waals surface area (Å²) in [7, 11) is 0. The summed E-state index contributed by atoms with van der Waals surface area (Å²) >= 11 is 0. The van der Waals surface area contributed by atoms with Crippen LogP contribution in [-0.2, 0) is 0 Å². The molecule has 0 bridgehead atoms. The second-order valence-corrected chi connectivity index (χ2v) is 5.21. The molecule has 0 aromatic heterocycles. The Morgan fingerprint density at radius 1 is 1.29 bits per heavy atom. The number of Topliss-reactive ketones (excluding diaryl/α,β-unsaturated/α-hetero) is 1. The number of fused-ring (bicyclic) bond motifs is 1. The maximum absolute atomic E-state index is 11.8. The highest BCUT2D eigenvalue weighted by molar-refractivity contribution is 6.03. The number of anilines is 1. The third kappa shape index (κ3) is 2.87. The van der Waals surface area contributed by atoms with Crippen LogP contribution in [0.4, 0.5) is 5.69 Å². The van der Waals surface area contributed by atoms with Crippen molar-refractivity contribution in [1.29, 1.82) is 0 Å². The zero-order chi connectivity index (χ0) is 12.3. The molecule has 0 saturated carbocycles. The lowest BCUT2D eigenvalue weighted by Gasteiger charge is -2.30. The highest BCUT2D eigenvalue weighted by atomic mass is 16.1. The van der Waals surface area contributed by atoms with Crippen molar-refractivity contribution in [2.75, 3.05) is 18.0 Å². The van der Waals surface area contributed by atoms with Crippen LogP contribution in [0, 0.1) is 5.92 Å². The Morgan fingerprint density at radius 3 is 2.82 bits per heavy atom. The second kappa shape index (κ2) is 5.35. The van der Waals surface area contributed by atoms with Crippen LogP contribution >= 0.6 is 0 Å². The summed E-state index contributed by atoms with van der Waals surface area (Å²) in [6, 6.07) is 8.00. The minimum absolute atomic E-state index is 0.292. The summed E-state index contributed by atoms with van der Waals surface area (Å²) in [4.78, 5) is 14.1. The number of ketones is 1. The van der Waals surface area contributed by atoms with Crippen LogP contribution in [0.25, 0.3) is 0 Å². The zero-order valence-electron chi connectivity index (χ0n) is 10.8.